The Balaban J connectivity index is 1.93. The maximum Gasteiger partial charge on any atom is 0.416 e. The molecule has 2 aromatic carbocycles. The third kappa shape index (κ3) is 3.70. The minimum atomic E-state index is -4.67. The number of hydrogen-bond donors (Lipinski definition) is 3. The van der Waals surface area contributed by atoms with E-state index in [2.05, 4.69) is 5.32 Å². The zero-order chi connectivity index (χ0) is 26.6. The molecule has 0 bridgehead atoms. The van der Waals surface area contributed by atoms with Crippen LogP contribution < -0.4 is 10.2 Å². The van der Waals surface area contributed by atoms with Crippen LogP contribution in [0, 0.1) is 11.8 Å². The third-order valence-electron chi connectivity index (χ3n) is 7.37. The van der Waals surface area contributed by atoms with Crippen LogP contribution in [0.25, 0.3) is 0 Å². The highest BCUT2D eigenvalue weighted by atomic mass is 19.4. The number of hydrogen-bond acceptors (Lipinski definition) is 5. The van der Waals surface area contributed by atoms with Crippen LogP contribution >= 0.6 is 0 Å². The summed E-state index contributed by atoms with van der Waals surface area (Å²) in [5.74, 6) is -5.94. The number of alkyl halides is 3. The zero-order valence-corrected chi connectivity index (χ0v) is 20.0. The molecule has 2 aliphatic rings. The van der Waals surface area contributed by atoms with E-state index in [-0.39, 0.29) is 5.56 Å². The first-order chi connectivity index (χ1) is 16.9. The Kier molecular flexibility index (Phi) is 6.47. The SMILES string of the molecule is CCc1cccc(CC)c1N1C(=O)C2C(c3cccc(C(F)(F)F)c3)NC(C(=O)O)(C(C)O)C2C1=O. The van der Waals surface area contributed by atoms with E-state index >= 15 is 0 Å². The molecular formula is C26H27F3N2O5. The molecule has 3 N–H and O–H groups in total. The number of aryl methyl sites for hydroxylation is 2. The number of fused-ring (bicyclic) bond motifs is 1. The molecule has 5 atom stereocenters. The molecule has 0 spiro atoms. The monoisotopic (exact) mass is 504 g/mol. The summed E-state index contributed by atoms with van der Waals surface area (Å²) in [5, 5.41) is 23.5. The molecule has 0 radical (unpaired) electrons. The van der Waals surface area contributed by atoms with Crippen molar-refractivity contribution in [3.8, 4) is 0 Å². The number of carbonyl (C=O) groups is 3. The number of carboxylic acid groups (broad SMARTS) is 1. The molecular weight excluding hydrogens is 477 g/mol. The summed E-state index contributed by atoms with van der Waals surface area (Å²) in [6.45, 7) is 4.90. The van der Waals surface area contributed by atoms with Crippen LogP contribution in [0.1, 0.15) is 49.1 Å². The molecule has 36 heavy (non-hydrogen) atoms. The summed E-state index contributed by atoms with van der Waals surface area (Å²) in [7, 11) is 0. The molecule has 192 valence electrons. The van der Waals surface area contributed by atoms with Crippen LogP contribution in [0.4, 0.5) is 18.9 Å². The predicted octanol–water partition coefficient (Wildman–Crippen LogP) is 3.48. The highest BCUT2D eigenvalue weighted by Gasteiger charge is 2.70. The van der Waals surface area contributed by atoms with Gasteiger partial charge in [0.15, 0.2) is 5.54 Å². The van der Waals surface area contributed by atoms with Crippen molar-refractivity contribution in [2.45, 2.75) is 57.5 Å². The Bertz CT molecular complexity index is 1210. The van der Waals surface area contributed by atoms with E-state index in [0.29, 0.717) is 29.7 Å². The number of halogens is 3. The average Bonchev–Trinajstić information content (AvgIpc) is 3.32. The van der Waals surface area contributed by atoms with Gasteiger partial charge in [0.1, 0.15) is 0 Å². The predicted molar refractivity (Wildman–Crippen MR) is 124 cm³/mol. The maximum atomic E-state index is 13.9. The highest BCUT2D eigenvalue weighted by molar-refractivity contribution is 6.25. The van der Waals surface area contributed by atoms with Gasteiger partial charge in [-0.2, -0.15) is 13.2 Å². The van der Waals surface area contributed by atoms with Gasteiger partial charge >= 0.3 is 12.1 Å². The maximum absolute atomic E-state index is 13.9. The molecule has 2 fully saturated rings. The van der Waals surface area contributed by atoms with Gasteiger partial charge in [0, 0.05) is 6.04 Å². The Morgan fingerprint density at radius 2 is 1.67 bits per heavy atom. The van der Waals surface area contributed by atoms with Crippen molar-refractivity contribution in [1.82, 2.24) is 5.32 Å². The van der Waals surface area contributed by atoms with Crippen LogP contribution in [0.5, 0.6) is 0 Å². The topological polar surface area (TPSA) is 107 Å². The van der Waals surface area contributed by atoms with E-state index in [1.54, 1.807) is 18.2 Å². The fourth-order valence-corrected chi connectivity index (χ4v) is 5.62. The Morgan fingerprint density at radius 3 is 2.17 bits per heavy atom. The molecule has 2 heterocycles. The number of imide groups is 1. The summed E-state index contributed by atoms with van der Waals surface area (Å²) >= 11 is 0. The Morgan fingerprint density at radius 1 is 1.08 bits per heavy atom. The number of nitrogens with one attached hydrogen (secondary N) is 1. The fraction of sp³-hybridized carbons (Fsp3) is 0.423. The number of aliphatic carboxylic acids is 1. The molecule has 2 aromatic rings. The van der Waals surface area contributed by atoms with Crippen molar-refractivity contribution in [2.24, 2.45) is 11.8 Å². The molecule has 10 heteroatoms. The first-order valence-corrected chi connectivity index (χ1v) is 11.7. The molecule has 0 aromatic heterocycles. The molecule has 4 rings (SSSR count). The fourth-order valence-electron chi connectivity index (χ4n) is 5.62. The number of rotatable bonds is 6. The number of aliphatic hydroxyl groups is 1. The minimum Gasteiger partial charge on any atom is -0.480 e. The van der Waals surface area contributed by atoms with Crippen LogP contribution in [0.3, 0.4) is 0 Å². The molecule has 7 nitrogen and oxygen atoms in total. The van der Waals surface area contributed by atoms with Gasteiger partial charge in [0.2, 0.25) is 11.8 Å². The van der Waals surface area contributed by atoms with E-state index in [4.69, 9.17) is 0 Å². The number of nitrogens with zero attached hydrogens (tertiary/aromatic N) is 1. The third-order valence-corrected chi connectivity index (χ3v) is 7.37. The van der Waals surface area contributed by atoms with Crippen molar-refractivity contribution in [3.05, 3.63) is 64.7 Å². The van der Waals surface area contributed by atoms with Crippen molar-refractivity contribution in [1.29, 1.82) is 0 Å². The largest absolute Gasteiger partial charge is 0.480 e. The molecule has 2 saturated heterocycles. The van der Waals surface area contributed by atoms with Crippen LogP contribution in [-0.2, 0) is 33.4 Å². The Labute approximate surface area is 205 Å². The Hall–Kier alpha value is -3.24. The second kappa shape index (κ2) is 9.01. The second-order valence-electron chi connectivity index (χ2n) is 9.24. The van der Waals surface area contributed by atoms with Crippen molar-refractivity contribution < 1.29 is 37.8 Å². The normalized spacial score (nSPS) is 26.9. The van der Waals surface area contributed by atoms with E-state index in [0.717, 1.165) is 17.0 Å². The number of amides is 2. The molecule has 2 aliphatic heterocycles. The quantitative estimate of drug-likeness (QED) is 0.520. The average molecular weight is 505 g/mol. The lowest BCUT2D eigenvalue weighted by atomic mass is 9.76. The second-order valence-corrected chi connectivity index (χ2v) is 9.24. The van der Waals surface area contributed by atoms with Crippen molar-refractivity contribution >= 4 is 23.5 Å². The van der Waals surface area contributed by atoms with Crippen LogP contribution in [0.15, 0.2) is 42.5 Å². The summed E-state index contributed by atoms with van der Waals surface area (Å²) in [4.78, 5) is 41.3. The van der Waals surface area contributed by atoms with Gasteiger partial charge in [-0.1, -0.05) is 44.2 Å². The van der Waals surface area contributed by atoms with Gasteiger partial charge in [-0.05, 0) is 48.6 Å². The molecule has 2 amide bonds. The number of anilines is 1. The van der Waals surface area contributed by atoms with E-state index < -0.39 is 59.0 Å². The number of carboxylic acids is 1. The summed E-state index contributed by atoms with van der Waals surface area (Å²) in [5.41, 5.74) is -1.46. The summed E-state index contributed by atoms with van der Waals surface area (Å²) in [6.07, 6.45) is -5.32. The van der Waals surface area contributed by atoms with E-state index in [1.165, 1.54) is 19.1 Å². The van der Waals surface area contributed by atoms with E-state index in [1.807, 2.05) is 13.8 Å². The van der Waals surface area contributed by atoms with Crippen LogP contribution in [0.2, 0.25) is 0 Å². The molecule has 5 unspecified atom stereocenters. The van der Waals surface area contributed by atoms with Gasteiger partial charge < -0.3 is 10.2 Å². The molecule has 0 saturated carbocycles. The molecule has 0 aliphatic carbocycles. The lowest BCUT2D eigenvalue weighted by molar-refractivity contribution is -0.154. The minimum absolute atomic E-state index is 0.00564. The van der Waals surface area contributed by atoms with Gasteiger partial charge in [0.05, 0.1) is 29.2 Å². The summed E-state index contributed by atoms with van der Waals surface area (Å²) in [6, 6.07) is 8.32. The number of carbonyl (C=O) groups excluding carboxylic acids is 2. The van der Waals surface area contributed by atoms with Gasteiger partial charge in [-0.3, -0.25) is 19.7 Å². The smallest absolute Gasteiger partial charge is 0.416 e. The lowest BCUT2D eigenvalue weighted by Crippen LogP contribution is -2.62. The first-order valence-electron chi connectivity index (χ1n) is 11.7. The van der Waals surface area contributed by atoms with Gasteiger partial charge in [0.25, 0.3) is 0 Å². The first kappa shape index (κ1) is 25.8. The van der Waals surface area contributed by atoms with Gasteiger partial charge in [-0.15, -0.1) is 0 Å². The van der Waals surface area contributed by atoms with Crippen molar-refractivity contribution in [3.63, 3.8) is 0 Å². The van der Waals surface area contributed by atoms with Crippen LogP contribution in [-0.4, -0.2) is 39.6 Å². The van der Waals surface area contributed by atoms with Gasteiger partial charge in [-0.25, -0.2) is 4.90 Å². The van der Waals surface area contributed by atoms with E-state index in [9.17, 15) is 37.8 Å². The lowest BCUT2D eigenvalue weighted by Gasteiger charge is -2.34. The number of para-hydroxylation sites is 1. The highest BCUT2D eigenvalue weighted by Crippen LogP contribution is 2.52. The standard InChI is InChI=1S/C26H27F3N2O5/c1-4-14-8-6-9-15(5-2)21(14)31-22(33)18-19(23(31)34)25(13(3)32,24(35)36)30-20(18)16-10-7-11-17(12-16)26(27,28)29/h6-13,18-20,30,32H,4-5H2,1-3H3,(H,35,36). The number of benzene rings is 2. The summed E-state index contributed by atoms with van der Waals surface area (Å²) < 4.78 is 40.3. The number of aliphatic hydroxyl groups excluding tert-OH is 1. The zero-order valence-electron chi connectivity index (χ0n) is 20.0. The van der Waals surface area contributed by atoms with Crippen molar-refractivity contribution in [2.75, 3.05) is 4.90 Å².